The van der Waals surface area contributed by atoms with Crippen molar-refractivity contribution >= 4 is 21.8 Å². The highest BCUT2D eigenvalue weighted by Gasteiger charge is 2.11. The van der Waals surface area contributed by atoms with Crippen LogP contribution in [0.4, 0.5) is 0 Å². The van der Waals surface area contributed by atoms with Crippen molar-refractivity contribution in [2.75, 3.05) is 6.54 Å². The summed E-state index contributed by atoms with van der Waals surface area (Å²) in [7, 11) is 1.86. The number of rotatable bonds is 4. The molecule has 1 heterocycles. The second-order valence-corrected chi connectivity index (χ2v) is 5.03. The molecule has 0 unspecified atom stereocenters. The van der Waals surface area contributed by atoms with E-state index in [2.05, 4.69) is 26.3 Å². The second-order valence-electron chi connectivity index (χ2n) is 4.11. The first-order chi connectivity index (χ1) is 9.08. The van der Waals surface area contributed by atoms with Gasteiger partial charge in [-0.05, 0) is 24.3 Å². The Morgan fingerprint density at radius 2 is 2.26 bits per heavy atom. The van der Waals surface area contributed by atoms with Crippen LogP contribution >= 0.6 is 15.9 Å². The lowest BCUT2D eigenvalue weighted by Gasteiger charge is -2.07. The van der Waals surface area contributed by atoms with Crippen molar-refractivity contribution in [1.82, 2.24) is 15.1 Å². The van der Waals surface area contributed by atoms with Crippen molar-refractivity contribution in [3.63, 3.8) is 0 Å². The Labute approximate surface area is 119 Å². The first-order valence-electron chi connectivity index (χ1n) is 5.81. The van der Waals surface area contributed by atoms with Crippen molar-refractivity contribution in [3.05, 3.63) is 46.2 Å². The maximum absolute atomic E-state index is 11.9. The van der Waals surface area contributed by atoms with E-state index in [9.17, 15) is 9.90 Å². The van der Waals surface area contributed by atoms with Crippen molar-refractivity contribution in [2.45, 2.75) is 6.42 Å². The molecule has 2 N–H and O–H groups in total. The smallest absolute Gasteiger partial charge is 0.255 e. The van der Waals surface area contributed by atoms with Crippen molar-refractivity contribution in [1.29, 1.82) is 0 Å². The summed E-state index contributed by atoms with van der Waals surface area (Å²) in [6.07, 6.45) is 2.41. The van der Waals surface area contributed by atoms with Crippen molar-refractivity contribution in [3.8, 4) is 5.75 Å². The maximum atomic E-state index is 11.9. The van der Waals surface area contributed by atoms with Gasteiger partial charge < -0.3 is 10.4 Å². The molecule has 0 aliphatic rings. The normalized spacial score (nSPS) is 10.4. The maximum Gasteiger partial charge on any atom is 0.255 e. The highest BCUT2D eigenvalue weighted by Crippen LogP contribution is 2.21. The van der Waals surface area contributed by atoms with Crippen LogP contribution in [0.2, 0.25) is 0 Å². The number of halogens is 1. The number of phenols is 1. The third-order valence-electron chi connectivity index (χ3n) is 2.79. The van der Waals surface area contributed by atoms with Crippen LogP contribution in [-0.4, -0.2) is 27.3 Å². The van der Waals surface area contributed by atoms with E-state index in [1.807, 2.05) is 13.1 Å². The minimum Gasteiger partial charge on any atom is -0.507 e. The van der Waals surface area contributed by atoms with Gasteiger partial charge in [-0.15, -0.1) is 0 Å². The van der Waals surface area contributed by atoms with Crippen LogP contribution in [-0.2, 0) is 13.5 Å². The minimum atomic E-state index is -0.291. The van der Waals surface area contributed by atoms with Crippen LogP contribution in [0.1, 0.15) is 16.1 Å². The summed E-state index contributed by atoms with van der Waals surface area (Å²) < 4.78 is 2.52. The highest BCUT2D eigenvalue weighted by atomic mass is 79.9. The van der Waals surface area contributed by atoms with Gasteiger partial charge in [0.25, 0.3) is 5.91 Å². The molecule has 0 saturated heterocycles. The van der Waals surface area contributed by atoms with Gasteiger partial charge >= 0.3 is 0 Å². The van der Waals surface area contributed by atoms with E-state index in [1.165, 1.54) is 6.07 Å². The largest absolute Gasteiger partial charge is 0.507 e. The molecule has 0 saturated carbocycles. The van der Waals surface area contributed by atoms with E-state index >= 15 is 0 Å². The number of nitrogens with zero attached hydrogens (tertiary/aromatic N) is 2. The molecule has 2 aromatic rings. The Kier molecular flexibility index (Phi) is 4.21. The number of aromatic nitrogens is 2. The molecule has 19 heavy (non-hydrogen) atoms. The summed E-state index contributed by atoms with van der Waals surface area (Å²) in [5, 5.41) is 16.5. The van der Waals surface area contributed by atoms with Gasteiger partial charge in [0.15, 0.2) is 0 Å². The summed E-state index contributed by atoms with van der Waals surface area (Å²) in [4.78, 5) is 11.9. The Balaban J connectivity index is 1.94. The van der Waals surface area contributed by atoms with Crippen LogP contribution in [0.5, 0.6) is 5.75 Å². The van der Waals surface area contributed by atoms with Gasteiger partial charge in [-0.2, -0.15) is 5.10 Å². The van der Waals surface area contributed by atoms with E-state index in [0.29, 0.717) is 13.0 Å². The third kappa shape index (κ3) is 3.35. The van der Waals surface area contributed by atoms with Gasteiger partial charge in [0.1, 0.15) is 5.75 Å². The number of aromatic hydroxyl groups is 1. The number of carbonyl (C=O) groups excluding carboxylic acids is 1. The van der Waals surface area contributed by atoms with Crippen LogP contribution in [0.25, 0.3) is 0 Å². The number of carbonyl (C=O) groups is 1. The molecule has 0 atom stereocenters. The molecule has 1 aromatic heterocycles. The fourth-order valence-corrected chi connectivity index (χ4v) is 2.10. The molecule has 0 fully saturated rings. The number of nitrogens with one attached hydrogen (secondary N) is 1. The average molecular weight is 324 g/mol. The minimum absolute atomic E-state index is 0.0266. The van der Waals surface area contributed by atoms with E-state index < -0.39 is 0 Å². The first-order valence-corrected chi connectivity index (χ1v) is 6.61. The number of hydrogen-bond donors (Lipinski definition) is 2. The molecule has 0 aliphatic heterocycles. The summed E-state index contributed by atoms with van der Waals surface area (Å²) in [5.41, 5.74) is 1.30. The van der Waals surface area contributed by atoms with Crippen LogP contribution in [0.3, 0.4) is 0 Å². The van der Waals surface area contributed by atoms with Crippen molar-refractivity contribution < 1.29 is 9.90 Å². The molecule has 5 nitrogen and oxygen atoms in total. The molecule has 100 valence electrons. The fourth-order valence-electron chi connectivity index (χ4n) is 1.74. The second kappa shape index (κ2) is 5.88. The number of aryl methyl sites for hydroxylation is 1. The molecule has 0 bridgehead atoms. The SMILES string of the molecule is Cn1nccc1CCNC(=O)c1cc(Br)ccc1O. The van der Waals surface area contributed by atoms with E-state index in [0.717, 1.165) is 10.2 Å². The Bertz CT molecular complexity index is 595. The Morgan fingerprint density at radius 1 is 1.47 bits per heavy atom. The van der Waals surface area contributed by atoms with Crippen LogP contribution < -0.4 is 5.32 Å². The lowest BCUT2D eigenvalue weighted by molar-refractivity contribution is 0.0951. The standard InChI is InChI=1S/C13H14BrN3O2/c1-17-10(5-7-16-17)4-6-15-13(19)11-8-9(14)2-3-12(11)18/h2-3,5,7-8,18H,4,6H2,1H3,(H,15,19). The molecular formula is C13H14BrN3O2. The average Bonchev–Trinajstić information content (AvgIpc) is 2.78. The summed E-state index contributed by atoms with van der Waals surface area (Å²) in [6.45, 7) is 0.490. The molecule has 0 spiro atoms. The molecule has 6 heteroatoms. The van der Waals surface area contributed by atoms with Gasteiger partial charge in [-0.3, -0.25) is 9.48 Å². The van der Waals surface area contributed by atoms with Crippen LogP contribution in [0.15, 0.2) is 34.9 Å². The number of amides is 1. The quantitative estimate of drug-likeness (QED) is 0.902. The predicted molar refractivity (Wildman–Crippen MR) is 75.1 cm³/mol. The Hall–Kier alpha value is -1.82. The highest BCUT2D eigenvalue weighted by molar-refractivity contribution is 9.10. The zero-order chi connectivity index (χ0) is 13.8. The Morgan fingerprint density at radius 3 is 2.95 bits per heavy atom. The molecule has 0 aliphatic carbocycles. The molecule has 1 aromatic carbocycles. The van der Waals surface area contributed by atoms with Gasteiger partial charge in [0.05, 0.1) is 5.56 Å². The predicted octanol–water partition coefficient (Wildman–Crippen LogP) is 1.86. The van der Waals surface area contributed by atoms with Crippen LogP contribution in [0, 0.1) is 0 Å². The first kappa shape index (κ1) is 13.6. The molecule has 2 rings (SSSR count). The van der Waals surface area contributed by atoms with Gasteiger partial charge in [0.2, 0.25) is 0 Å². The van der Waals surface area contributed by atoms with Gasteiger partial charge in [0, 0.05) is 36.4 Å². The van der Waals surface area contributed by atoms with Gasteiger partial charge in [-0.1, -0.05) is 15.9 Å². The number of hydrogen-bond acceptors (Lipinski definition) is 3. The van der Waals surface area contributed by atoms with E-state index in [1.54, 1.807) is 23.0 Å². The monoisotopic (exact) mass is 323 g/mol. The van der Waals surface area contributed by atoms with Crippen molar-refractivity contribution in [2.24, 2.45) is 7.05 Å². The molecule has 1 amide bonds. The number of benzene rings is 1. The van der Waals surface area contributed by atoms with E-state index in [-0.39, 0.29) is 17.2 Å². The number of phenolic OH excluding ortho intramolecular Hbond substituents is 1. The summed E-state index contributed by atoms with van der Waals surface area (Å²) in [6, 6.07) is 6.67. The molecular weight excluding hydrogens is 310 g/mol. The zero-order valence-electron chi connectivity index (χ0n) is 10.4. The van der Waals surface area contributed by atoms with E-state index in [4.69, 9.17) is 0 Å². The third-order valence-corrected chi connectivity index (χ3v) is 3.29. The fraction of sp³-hybridized carbons (Fsp3) is 0.231. The lowest BCUT2D eigenvalue weighted by atomic mass is 10.2. The topological polar surface area (TPSA) is 67.2 Å². The van der Waals surface area contributed by atoms with Gasteiger partial charge in [-0.25, -0.2) is 0 Å². The lowest BCUT2D eigenvalue weighted by Crippen LogP contribution is -2.26. The summed E-state index contributed by atoms with van der Waals surface area (Å²) >= 11 is 3.27. The molecule has 0 radical (unpaired) electrons. The zero-order valence-corrected chi connectivity index (χ0v) is 12.0. The summed E-state index contributed by atoms with van der Waals surface area (Å²) in [5.74, 6) is -0.317.